The summed E-state index contributed by atoms with van der Waals surface area (Å²) in [6.45, 7) is 2.27. The van der Waals surface area contributed by atoms with Crippen LogP contribution in [-0.2, 0) is 0 Å². The minimum atomic E-state index is 0.135. The zero-order valence-corrected chi connectivity index (χ0v) is 12.9. The van der Waals surface area contributed by atoms with Crippen molar-refractivity contribution in [2.45, 2.75) is 45.1 Å². The first-order chi connectivity index (χ1) is 8.65. The average molecular weight is 307 g/mol. The van der Waals surface area contributed by atoms with Gasteiger partial charge in [-0.3, -0.25) is 11.3 Å². The summed E-state index contributed by atoms with van der Waals surface area (Å²) >= 11 is 13.7. The van der Waals surface area contributed by atoms with Gasteiger partial charge in [-0.2, -0.15) is 0 Å². The van der Waals surface area contributed by atoms with Gasteiger partial charge >= 0.3 is 0 Å². The van der Waals surface area contributed by atoms with Gasteiger partial charge in [0, 0.05) is 5.56 Å². The molecule has 1 aliphatic carbocycles. The minimum absolute atomic E-state index is 0.135. The van der Waals surface area contributed by atoms with Crippen LogP contribution < -0.4 is 11.3 Å². The van der Waals surface area contributed by atoms with Crippen LogP contribution in [0.15, 0.2) is 6.07 Å². The molecule has 102 valence electrons. The Morgan fingerprint density at radius 3 is 2.83 bits per heavy atom. The second-order valence-electron chi connectivity index (χ2n) is 5.12. The van der Waals surface area contributed by atoms with Crippen molar-refractivity contribution in [2.24, 2.45) is 17.7 Å². The Morgan fingerprint density at radius 1 is 1.50 bits per heavy atom. The van der Waals surface area contributed by atoms with Gasteiger partial charge in [-0.25, -0.2) is 0 Å². The largest absolute Gasteiger partial charge is 0.271 e. The Kier molecular flexibility index (Phi) is 5.34. The van der Waals surface area contributed by atoms with Crippen LogP contribution in [0.2, 0.25) is 8.67 Å². The molecule has 18 heavy (non-hydrogen) atoms. The summed E-state index contributed by atoms with van der Waals surface area (Å²) in [7, 11) is 0. The molecule has 1 fully saturated rings. The van der Waals surface area contributed by atoms with E-state index in [0.717, 1.165) is 20.2 Å². The molecule has 2 rings (SSSR count). The number of hydrazine groups is 1. The summed E-state index contributed by atoms with van der Waals surface area (Å²) < 4.78 is 1.50. The number of halogens is 2. The molecule has 0 aromatic carbocycles. The van der Waals surface area contributed by atoms with E-state index in [4.69, 9.17) is 29.0 Å². The zero-order chi connectivity index (χ0) is 13.1. The van der Waals surface area contributed by atoms with E-state index in [1.54, 1.807) is 0 Å². The molecule has 0 radical (unpaired) electrons. The Bertz CT molecular complexity index is 394. The Hall–Kier alpha value is 0.200. The molecule has 1 aromatic heterocycles. The fourth-order valence-electron chi connectivity index (χ4n) is 3.05. The zero-order valence-electron chi connectivity index (χ0n) is 10.6. The first-order valence-electron chi connectivity index (χ1n) is 6.56. The number of nitrogens with two attached hydrogens (primary N) is 1. The molecule has 0 spiro atoms. The van der Waals surface area contributed by atoms with Gasteiger partial charge in [0.1, 0.15) is 0 Å². The Balaban J connectivity index is 2.15. The highest BCUT2D eigenvalue weighted by Gasteiger charge is 2.30. The number of hydrogen-bond donors (Lipinski definition) is 2. The number of thiophene rings is 1. The number of nitrogens with one attached hydrogen (secondary N) is 1. The second kappa shape index (κ2) is 6.58. The van der Waals surface area contributed by atoms with Crippen LogP contribution in [0.3, 0.4) is 0 Å². The summed E-state index contributed by atoms with van der Waals surface area (Å²) in [4.78, 5) is 0. The Morgan fingerprint density at radius 2 is 2.28 bits per heavy atom. The summed E-state index contributed by atoms with van der Waals surface area (Å²) in [5, 5.41) is 0. The molecule has 0 bridgehead atoms. The van der Waals surface area contributed by atoms with E-state index in [2.05, 4.69) is 12.3 Å². The topological polar surface area (TPSA) is 38.0 Å². The van der Waals surface area contributed by atoms with Gasteiger partial charge in [-0.05, 0) is 30.7 Å². The van der Waals surface area contributed by atoms with Crippen LogP contribution in [0.25, 0.3) is 0 Å². The van der Waals surface area contributed by atoms with Gasteiger partial charge in [0.25, 0.3) is 0 Å². The quantitative estimate of drug-likeness (QED) is 0.621. The Labute approximate surface area is 123 Å². The minimum Gasteiger partial charge on any atom is -0.271 e. The molecule has 0 saturated heterocycles. The van der Waals surface area contributed by atoms with E-state index >= 15 is 0 Å². The fourth-order valence-corrected chi connectivity index (χ4v) is 4.60. The van der Waals surface area contributed by atoms with Crippen molar-refractivity contribution in [3.8, 4) is 0 Å². The fraction of sp³-hybridized carbons (Fsp3) is 0.692. The molecule has 3 N–H and O–H groups in total. The van der Waals surface area contributed by atoms with E-state index in [0.29, 0.717) is 5.92 Å². The number of hydrogen-bond acceptors (Lipinski definition) is 3. The van der Waals surface area contributed by atoms with Crippen molar-refractivity contribution in [3.63, 3.8) is 0 Å². The van der Waals surface area contributed by atoms with Gasteiger partial charge < -0.3 is 0 Å². The highest BCUT2D eigenvalue weighted by Crippen LogP contribution is 2.43. The monoisotopic (exact) mass is 306 g/mol. The third kappa shape index (κ3) is 3.20. The molecule has 1 aromatic rings. The smallest absolute Gasteiger partial charge is 0.0992 e. The van der Waals surface area contributed by atoms with Gasteiger partial charge in [-0.1, -0.05) is 49.4 Å². The second-order valence-corrected chi connectivity index (χ2v) is 7.41. The predicted octanol–water partition coefficient (Wildman–Crippen LogP) is 4.78. The van der Waals surface area contributed by atoms with Crippen LogP contribution in [-0.4, -0.2) is 0 Å². The van der Waals surface area contributed by atoms with Crippen LogP contribution in [0.1, 0.15) is 50.6 Å². The maximum Gasteiger partial charge on any atom is 0.0992 e. The first kappa shape index (κ1) is 14.6. The van der Waals surface area contributed by atoms with Gasteiger partial charge in [0.2, 0.25) is 0 Å². The van der Waals surface area contributed by atoms with Crippen molar-refractivity contribution in [3.05, 3.63) is 20.3 Å². The molecule has 1 aliphatic rings. The standard InChI is InChI=1S/C13H20Cl2N2S/c1-2-8-4-3-5-9(6-8)12(17-16)10-7-11(14)18-13(10)15/h7-9,12,17H,2-6,16H2,1H3. The molecular formula is C13H20Cl2N2S. The maximum absolute atomic E-state index is 6.25. The lowest BCUT2D eigenvalue weighted by Crippen LogP contribution is -2.35. The van der Waals surface area contributed by atoms with Crippen molar-refractivity contribution in [1.82, 2.24) is 5.43 Å². The molecular weight excluding hydrogens is 287 g/mol. The van der Waals surface area contributed by atoms with Crippen molar-refractivity contribution < 1.29 is 0 Å². The van der Waals surface area contributed by atoms with E-state index in [1.807, 2.05) is 6.07 Å². The third-order valence-electron chi connectivity index (χ3n) is 4.07. The molecule has 3 atom stereocenters. The highest BCUT2D eigenvalue weighted by atomic mass is 35.5. The molecule has 2 nitrogen and oxygen atoms in total. The van der Waals surface area contributed by atoms with Crippen LogP contribution in [0.4, 0.5) is 0 Å². The maximum atomic E-state index is 6.25. The lowest BCUT2D eigenvalue weighted by molar-refractivity contribution is 0.210. The normalized spacial score (nSPS) is 26.2. The summed E-state index contributed by atoms with van der Waals surface area (Å²) in [5.74, 6) is 7.15. The van der Waals surface area contributed by atoms with Gasteiger partial charge in [0.15, 0.2) is 0 Å². The molecule has 0 amide bonds. The van der Waals surface area contributed by atoms with Crippen molar-refractivity contribution in [2.75, 3.05) is 0 Å². The van der Waals surface area contributed by atoms with Crippen LogP contribution in [0.5, 0.6) is 0 Å². The van der Waals surface area contributed by atoms with Gasteiger partial charge in [-0.15, -0.1) is 11.3 Å². The lowest BCUT2D eigenvalue weighted by Gasteiger charge is -2.34. The first-order valence-corrected chi connectivity index (χ1v) is 8.13. The van der Waals surface area contributed by atoms with E-state index in [-0.39, 0.29) is 6.04 Å². The summed E-state index contributed by atoms with van der Waals surface area (Å²) in [6, 6.07) is 2.09. The summed E-state index contributed by atoms with van der Waals surface area (Å²) in [6.07, 6.45) is 6.34. The molecule has 1 heterocycles. The van der Waals surface area contributed by atoms with E-state index in [1.165, 1.54) is 43.4 Å². The highest BCUT2D eigenvalue weighted by molar-refractivity contribution is 7.20. The molecule has 3 unspecified atom stereocenters. The van der Waals surface area contributed by atoms with E-state index in [9.17, 15) is 0 Å². The van der Waals surface area contributed by atoms with Crippen molar-refractivity contribution >= 4 is 34.5 Å². The average Bonchev–Trinajstić information content (AvgIpc) is 2.70. The van der Waals surface area contributed by atoms with Crippen molar-refractivity contribution in [1.29, 1.82) is 0 Å². The van der Waals surface area contributed by atoms with E-state index < -0.39 is 0 Å². The molecule has 1 saturated carbocycles. The predicted molar refractivity (Wildman–Crippen MR) is 80.1 cm³/mol. The third-order valence-corrected chi connectivity index (χ3v) is 5.59. The van der Waals surface area contributed by atoms with Crippen LogP contribution in [0, 0.1) is 11.8 Å². The summed E-state index contributed by atoms with van der Waals surface area (Å²) in [5.41, 5.74) is 4.02. The lowest BCUT2D eigenvalue weighted by atomic mass is 9.76. The van der Waals surface area contributed by atoms with Gasteiger partial charge in [0.05, 0.1) is 14.7 Å². The molecule has 0 aliphatic heterocycles. The van der Waals surface area contributed by atoms with Crippen LogP contribution >= 0.6 is 34.5 Å². The molecule has 5 heteroatoms. The SMILES string of the molecule is CCC1CCCC(C(NN)c2cc(Cl)sc2Cl)C1. The number of rotatable bonds is 4.